The van der Waals surface area contributed by atoms with Crippen LogP contribution in [0.25, 0.3) is 0 Å². The third-order valence-corrected chi connectivity index (χ3v) is 5.15. The maximum atomic E-state index is 12.1. The summed E-state index contributed by atoms with van der Waals surface area (Å²) >= 11 is 0. The summed E-state index contributed by atoms with van der Waals surface area (Å²) in [5, 5.41) is 5.91. The summed E-state index contributed by atoms with van der Waals surface area (Å²) in [6.07, 6.45) is 2.98. The highest BCUT2D eigenvalue weighted by Crippen LogP contribution is 2.09. The number of sulfonamides is 1. The number of amides is 1. The van der Waals surface area contributed by atoms with Crippen LogP contribution in [-0.2, 0) is 14.8 Å². The Morgan fingerprint density at radius 1 is 1.22 bits per heavy atom. The molecule has 6 nitrogen and oxygen atoms in total. The van der Waals surface area contributed by atoms with Crippen LogP contribution >= 0.6 is 12.4 Å². The van der Waals surface area contributed by atoms with Crippen molar-refractivity contribution in [1.82, 2.24) is 15.4 Å². The summed E-state index contributed by atoms with van der Waals surface area (Å²) in [7, 11) is -3.52. The van der Waals surface area contributed by atoms with Crippen LogP contribution in [0.2, 0.25) is 0 Å². The van der Waals surface area contributed by atoms with Gasteiger partial charge in [0.05, 0.1) is 10.9 Å². The largest absolute Gasteiger partial charge is 0.353 e. The predicted octanol–water partition coefficient (Wildman–Crippen LogP) is 0.953. The van der Waals surface area contributed by atoms with Gasteiger partial charge in [0.1, 0.15) is 0 Å². The molecule has 0 spiro atoms. The Kier molecular flexibility index (Phi) is 7.98. The first-order valence-electron chi connectivity index (χ1n) is 7.56. The van der Waals surface area contributed by atoms with Crippen molar-refractivity contribution >= 4 is 28.3 Å². The van der Waals surface area contributed by atoms with Crippen molar-refractivity contribution in [2.24, 2.45) is 0 Å². The van der Waals surface area contributed by atoms with Crippen molar-refractivity contribution in [1.29, 1.82) is 0 Å². The summed E-state index contributed by atoms with van der Waals surface area (Å²) < 4.78 is 26.6. The monoisotopic (exact) mass is 361 g/mol. The van der Waals surface area contributed by atoms with E-state index in [0.717, 1.165) is 31.4 Å². The molecular weight excluding hydrogens is 338 g/mol. The first-order valence-corrected chi connectivity index (χ1v) is 9.05. The Balaban J connectivity index is 0.00000264. The fourth-order valence-corrected chi connectivity index (χ4v) is 3.40. The van der Waals surface area contributed by atoms with Gasteiger partial charge in [0.15, 0.2) is 0 Å². The smallest absolute Gasteiger partial charge is 0.240 e. The number of hydrogen-bond donors (Lipinski definition) is 3. The van der Waals surface area contributed by atoms with Gasteiger partial charge >= 0.3 is 0 Å². The molecule has 0 radical (unpaired) electrons. The first-order chi connectivity index (χ1) is 10.5. The molecule has 1 aliphatic rings. The summed E-state index contributed by atoms with van der Waals surface area (Å²) in [6, 6.07) is 6.50. The van der Waals surface area contributed by atoms with E-state index in [4.69, 9.17) is 0 Å². The quantitative estimate of drug-likeness (QED) is 0.658. The van der Waals surface area contributed by atoms with E-state index in [0.29, 0.717) is 0 Å². The number of piperidine rings is 1. The molecule has 1 amide bonds. The van der Waals surface area contributed by atoms with E-state index in [-0.39, 0.29) is 42.3 Å². The lowest BCUT2D eigenvalue weighted by Gasteiger charge is -2.22. The third-order valence-electron chi connectivity index (χ3n) is 3.67. The zero-order valence-electron chi connectivity index (χ0n) is 13.2. The van der Waals surface area contributed by atoms with Crippen LogP contribution in [0.1, 0.15) is 24.8 Å². The Morgan fingerprint density at radius 2 is 1.91 bits per heavy atom. The van der Waals surface area contributed by atoms with Crippen molar-refractivity contribution in [3.05, 3.63) is 29.8 Å². The van der Waals surface area contributed by atoms with Crippen LogP contribution in [-0.4, -0.2) is 40.0 Å². The molecule has 2 rings (SSSR count). The highest BCUT2D eigenvalue weighted by Gasteiger charge is 2.20. The van der Waals surface area contributed by atoms with Gasteiger partial charge in [-0.3, -0.25) is 4.79 Å². The molecule has 3 N–H and O–H groups in total. The Labute approximate surface area is 143 Å². The van der Waals surface area contributed by atoms with E-state index in [1.54, 1.807) is 24.3 Å². The maximum Gasteiger partial charge on any atom is 0.240 e. The number of aryl methyl sites for hydroxylation is 1. The van der Waals surface area contributed by atoms with E-state index in [2.05, 4.69) is 15.4 Å². The molecule has 1 aliphatic heterocycles. The number of carbonyl (C=O) groups excluding carboxylic acids is 1. The molecule has 1 unspecified atom stereocenters. The molecule has 1 aromatic rings. The second-order valence-electron chi connectivity index (χ2n) is 5.50. The van der Waals surface area contributed by atoms with Gasteiger partial charge in [-0.1, -0.05) is 24.1 Å². The van der Waals surface area contributed by atoms with Gasteiger partial charge in [-0.15, -0.1) is 12.4 Å². The highest BCUT2D eigenvalue weighted by atomic mass is 35.5. The minimum atomic E-state index is -3.52. The van der Waals surface area contributed by atoms with E-state index in [1.807, 2.05) is 6.92 Å². The first kappa shape index (κ1) is 19.9. The number of carbonyl (C=O) groups is 1. The lowest BCUT2D eigenvalue weighted by Crippen LogP contribution is -2.48. The minimum absolute atomic E-state index is 0. The van der Waals surface area contributed by atoms with E-state index >= 15 is 0 Å². The zero-order valence-corrected chi connectivity index (χ0v) is 14.8. The van der Waals surface area contributed by atoms with E-state index in [9.17, 15) is 13.2 Å². The van der Waals surface area contributed by atoms with Gasteiger partial charge in [-0.05, 0) is 38.4 Å². The lowest BCUT2D eigenvalue weighted by molar-refractivity contribution is -0.123. The van der Waals surface area contributed by atoms with Gasteiger partial charge in [0.2, 0.25) is 15.9 Å². The second kappa shape index (κ2) is 9.22. The minimum Gasteiger partial charge on any atom is -0.353 e. The molecule has 0 saturated carbocycles. The fourth-order valence-electron chi connectivity index (χ4n) is 2.37. The highest BCUT2D eigenvalue weighted by molar-refractivity contribution is 7.89. The summed E-state index contributed by atoms with van der Waals surface area (Å²) in [5.41, 5.74) is 1.01. The average Bonchev–Trinajstić information content (AvgIpc) is 2.52. The number of halogens is 1. The van der Waals surface area contributed by atoms with Gasteiger partial charge < -0.3 is 10.6 Å². The van der Waals surface area contributed by atoms with Crippen LogP contribution in [0.4, 0.5) is 0 Å². The molecule has 1 heterocycles. The number of rotatable bonds is 6. The van der Waals surface area contributed by atoms with Crippen LogP contribution in [0.5, 0.6) is 0 Å². The second-order valence-corrected chi connectivity index (χ2v) is 7.27. The van der Waals surface area contributed by atoms with E-state index < -0.39 is 10.0 Å². The van der Waals surface area contributed by atoms with E-state index in [1.165, 1.54) is 0 Å². The number of benzene rings is 1. The van der Waals surface area contributed by atoms with Crippen molar-refractivity contribution in [3.63, 3.8) is 0 Å². The zero-order chi connectivity index (χ0) is 16.0. The molecule has 23 heavy (non-hydrogen) atoms. The number of hydrogen-bond acceptors (Lipinski definition) is 4. The lowest BCUT2D eigenvalue weighted by atomic mass is 10.0. The fraction of sp³-hybridized carbons (Fsp3) is 0.533. The summed E-state index contributed by atoms with van der Waals surface area (Å²) in [6.45, 7) is 3.22. The molecule has 1 fully saturated rings. The van der Waals surface area contributed by atoms with Gasteiger partial charge in [-0.25, -0.2) is 13.1 Å². The number of nitrogens with one attached hydrogen (secondary N) is 3. The maximum absolute atomic E-state index is 12.1. The summed E-state index contributed by atoms with van der Waals surface area (Å²) in [5.74, 6) is -0.0609. The van der Waals surface area contributed by atoms with Gasteiger partial charge in [-0.2, -0.15) is 0 Å². The molecule has 0 aromatic heterocycles. The predicted molar refractivity (Wildman–Crippen MR) is 92.3 cm³/mol. The van der Waals surface area contributed by atoms with Crippen LogP contribution < -0.4 is 15.4 Å². The molecule has 0 aliphatic carbocycles. The topological polar surface area (TPSA) is 87.3 Å². The normalized spacial score (nSPS) is 18.0. The van der Waals surface area contributed by atoms with Gasteiger partial charge in [0.25, 0.3) is 0 Å². The Morgan fingerprint density at radius 3 is 2.52 bits per heavy atom. The molecule has 1 saturated heterocycles. The molecule has 0 bridgehead atoms. The summed E-state index contributed by atoms with van der Waals surface area (Å²) in [4.78, 5) is 12.1. The van der Waals surface area contributed by atoms with Crippen LogP contribution in [0, 0.1) is 6.92 Å². The van der Waals surface area contributed by atoms with Crippen LogP contribution in [0.15, 0.2) is 29.2 Å². The van der Waals surface area contributed by atoms with Crippen LogP contribution in [0.3, 0.4) is 0 Å². The van der Waals surface area contributed by atoms with Crippen molar-refractivity contribution < 1.29 is 13.2 Å². The molecular formula is C15H24ClN3O3S. The molecule has 1 atom stereocenters. The molecule has 1 aromatic carbocycles. The van der Waals surface area contributed by atoms with Crippen molar-refractivity contribution in [2.75, 3.05) is 19.6 Å². The standard InChI is InChI=1S/C15H23N3O3S.ClH/c1-12-5-7-13(8-6-12)22(20,21)18-11-10-17-15(19)14-4-2-3-9-16-14;/h5-8,14,16,18H,2-4,9-11H2,1H3,(H,17,19);1H. The van der Waals surface area contributed by atoms with Crippen molar-refractivity contribution in [2.45, 2.75) is 37.1 Å². The Bertz CT molecular complexity index is 599. The van der Waals surface area contributed by atoms with Crippen molar-refractivity contribution in [3.8, 4) is 0 Å². The SMILES string of the molecule is Cc1ccc(S(=O)(=O)NCCNC(=O)C2CCCCN2)cc1.Cl. The molecule has 8 heteroatoms. The van der Waals surface area contributed by atoms with Gasteiger partial charge in [0, 0.05) is 13.1 Å². The Hall–Kier alpha value is -1.15. The molecule has 130 valence electrons. The average molecular weight is 362 g/mol. The third kappa shape index (κ3) is 6.10.